The summed E-state index contributed by atoms with van der Waals surface area (Å²) in [4.78, 5) is 14.3. The van der Waals surface area contributed by atoms with E-state index in [1.165, 1.54) is 0 Å². The van der Waals surface area contributed by atoms with E-state index in [9.17, 15) is 4.79 Å². The molecule has 98 valence electrons. The SMILES string of the molecule is CCCN(CC)C(=O)C1(C(N)=NO)CC(C)C1. The van der Waals surface area contributed by atoms with Crippen LogP contribution in [-0.4, -0.2) is 34.9 Å². The predicted octanol–water partition coefficient (Wildman–Crippen LogP) is 1.41. The van der Waals surface area contributed by atoms with Gasteiger partial charge in [-0.15, -0.1) is 0 Å². The molecule has 0 unspecified atom stereocenters. The highest BCUT2D eigenvalue weighted by Crippen LogP contribution is 2.47. The summed E-state index contributed by atoms with van der Waals surface area (Å²) in [7, 11) is 0. The first kappa shape index (κ1) is 13.8. The zero-order valence-corrected chi connectivity index (χ0v) is 10.9. The van der Waals surface area contributed by atoms with Crippen molar-refractivity contribution in [1.82, 2.24) is 4.90 Å². The molecule has 1 amide bonds. The number of hydrogen-bond acceptors (Lipinski definition) is 3. The second kappa shape index (κ2) is 5.38. The predicted molar refractivity (Wildman–Crippen MR) is 66.8 cm³/mol. The third-order valence-corrected chi connectivity index (χ3v) is 3.56. The zero-order chi connectivity index (χ0) is 13.1. The van der Waals surface area contributed by atoms with Crippen LogP contribution in [-0.2, 0) is 4.79 Å². The second-order valence-electron chi connectivity index (χ2n) is 4.97. The topological polar surface area (TPSA) is 78.9 Å². The molecule has 1 aliphatic carbocycles. The fraction of sp³-hybridized carbons (Fsp3) is 0.833. The highest BCUT2D eigenvalue weighted by atomic mass is 16.4. The standard InChI is InChI=1S/C12H23N3O2/c1-4-6-15(5-2)11(16)12(10(13)14-17)7-9(3)8-12/h9,17H,4-8H2,1-3H3,(H2,13,14). The summed E-state index contributed by atoms with van der Waals surface area (Å²) in [5.74, 6) is 0.532. The average molecular weight is 241 g/mol. The molecule has 3 N–H and O–H groups in total. The maximum Gasteiger partial charge on any atom is 0.236 e. The van der Waals surface area contributed by atoms with E-state index in [4.69, 9.17) is 10.9 Å². The van der Waals surface area contributed by atoms with Gasteiger partial charge in [0.2, 0.25) is 5.91 Å². The lowest BCUT2D eigenvalue weighted by Crippen LogP contribution is -2.57. The van der Waals surface area contributed by atoms with Gasteiger partial charge in [-0.1, -0.05) is 19.0 Å². The Morgan fingerprint density at radius 1 is 1.53 bits per heavy atom. The molecule has 1 saturated carbocycles. The Hall–Kier alpha value is -1.26. The van der Waals surface area contributed by atoms with E-state index in [-0.39, 0.29) is 11.7 Å². The number of amides is 1. The van der Waals surface area contributed by atoms with Gasteiger partial charge in [-0.2, -0.15) is 0 Å². The van der Waals surface area contributed by atoms with Crippen molar-refractivity contribution in [1.29, 1.82) is 0 Å². The Morgan fingerprint density at radius 2 is 2.12 bits per heavy atom. The third-order valence-electron chi connectivity index (χ3n) is 3.56. The number of hydrogen-bond donors (Lipinski definition) is 2. The number of carbonyl (C=O) groups is 1. The van der Waals surface area contributed by atoms with Crippen LogP contribution in [0.3, 0.4) is 0 Å². The number of nitrogens with zero attached hydrogens (tertiary/aromatic N) is 2. The van der Waals surface area contributed by atoms with Gasteiger partial charge in [0.05, 0.1) is 0 Å². The van der Waals surface area contributed by atoms with Crippen LogP contribution in [0.25, 0.3) is 0 Å². The van der Waals surface area contributed by atoms with Crippen LogP contribution in [0.5, 0.6) is 0 Å². The summed E-state index contributed by atoms with van der Waals surface area (Å²) in [5.41, 5.74) is 4.97. The van der Waals surface area contributed by atoms with Gasteiger partial charge in [0.1, 0.15) is 5.41 Å². The first-order valence-corrected chi connectivity index (χ1v) is 6.29. The van der Waals surface area contributed by atoms with E-state index in [1.807, 2.05) is 13.8 Å². The molecule has 1 rings (SSSR count). The van der Waals surface area contributed by atoms with Crippen molar-refractivity contribution >= 4 is 11.7 Å². The molecular weight excluding hydrogens is 218 g/mol. The average Bonchev–Trinajstić information content (AvgIpc) is 2.29. The first-order valence-electron chi connectivity index (χ1n) is 6.29. The minimum Gasteiger partial charge on any atom is -0.409 e. The van der Waals surface area contributed by atoms with Gasteiger partial charge in [0, 0.05) is 13.1 Å². The van der Waals surface area contributed by atoms with E-state index in [0.717, 1.165) is 13.0 Å². The number of carbonyl (C=O) groups excluding carboxylic acids is 1. The molecular formula is C12H23N3O2. The highest BCUT2D eigenvalue weighted by molar-refractivity contribution is 6.07. The summed E-state index contributed by atoms with van der Waals surface area (Å²) in [5, 5.41) is 11.9. The molecule has 5 nitrogen and oxygen atoms in total. The molecule has 1 fully saturated rings. The van der Waals surface area contributed by atoms with Crippen LogP contribution in [0.4, 0.5) is 0 Å². The Labute approximate surface area is 103 Å². The smallest absolute Gasteiger partial charge is 0.236 e. The van der Waals surface area contributed by atoms with Gasteiger partial charge in [0.15, 0.2) is 5.84 Å². The van der Waals surface area contributed by atoms with E-state index in [2.05, 4.69) is 12.1 Å². The van der Waals surface area contributed by atoms with E-state index < -0.39 is 5.41 Å². The number of rotatable bonds is 5. The number of nitrogens with two attached hydrogens (primary N) is 1. The summed E-state index contributed by atoms with van der Waals surface area (Å²) in [6.45, 7) is 7.46. The molecule has 0 aliphatic heterocycles. The van der Waals surface area contributed by atoms with E-state index in [1.54, 1.807) is 4.90 Å². The molecule has 0 aromatic heterocycles. The monoisotopic (exact) mass is 241 g/mol. The molecule has 0 aromatic carbocycles. The van der Waals surface area contributed by atoms with Gasteiger partial charge in [-0.05, 0) is 32.1 Å². The minimum absolute atomic E-state index is 0.00949. The molecule has 0 atom stereocenters. The van der Waals surface area contributed by atoms with Crippen LogP contribution in [0.1, 0.15) is 40.0 Å². The third kappa shape index (κ3) is 2.37. The Bertz CT molecular complexity index is 309. The van der Waals surface area contributed by atoms with Crippen molar-refractivity contribution in [2.24, 2.45) is 22.2 Å². The van der Waals surface area contributed by atoms with Gasteiger partial charge in [0.25, 0.3) is 0 Å². The van der Waals surface area contributed by atoms with Crippen LogP contribution >= 0.6 is 0 Å². The largest absolute Gasteiger partial charge is 0.409 e. The van der Waals surface area contributed by atoms with Crippen molar-refractivity contribution in [3.05, 3.63) is 0 Å². The fourth-order valence-electron chi connectivity index (χ4n) is 2.69. The van der Waals surface area contributed by atoms with Crippen LogP contribution in [0.15, 0.2) is 5.16 Å². The van der Waals surface area contributed by atoms with E-state index in [0.29, 0.717) is 25.3 Å². The maximum absolute atomic E-state index is 12.5. The normalized spacial score (nSPS) is 28.6. The van der Waals surface area contributed by atoms with Gasteiger partial charge in [-0.3, -0.25) is 4.79 Å². The molecule has 0 bridgehead atoms. The highest BCUT2D eigenvalue weighted by Gasteiger charge is 2.53. The van der Waals surface area contributed by atoms with Crippen LogP contribution in [0, 0.1) is 11.3 Å². The molecule has 0 saturated heterocycles. The van der Waals surface area contributed by atoms with E-state index >= 15 is 0 Å². The van der Waals surface area contributed by atoms with Crippen molar-refractivity contribution in [2.75, 3.05) is 13.1 Å². The van der Waals surface area contributed by atoms with Gasteiger partial charge in [-0.25, -0.2) is 0 Å². The summed E-state index contributed by atoms with van der Waals surface area (Å²) in [6.07, 6.45) is 2.28. The minimum atomic E-state index is -0.751. The number of amidine groups is 1. The quantitative estimate of drug-likeness (QED) is 0.330. The molecule has 17 heavy (non-hydrogen) atoms. The first-order chi connectivity index (χ1) is 8.01. The second-order valence-corrected chi connectivity index (χ2v) is 4.97. The van der Waals surface area contributed by atoms with Gasteiger partial charge < -0.3 is 15.8 Å². The Morgan fingerprint density at radius 3 is 2.47 bits per heavy atom. The Balaban J connectivity index is 2.89. The lowest BCUT2D eigenvalue weighted by molar-refractivity contribution is -0.144. The van der Waals surface area contributed by atoms with Crippen molar-refractivity contribution < 1.29 is 10.0 Å². The zero-order valence-electron chi connectivity index (χ0n) is 10.9. The van der Waals surface area contributed by atoms with Crippen LogP contribution < -0.4 is 5.73 Å². The Kier molecular flexibility index (Phi) is 4.37. The lowest BCUT2D eigenvalue weighted by Gasteiger charge is -2.46. The molecule has 0 heterocycles. The molecule has 1 aliphatic rings. The molecule has 0 aromatic rings. The molecule has 5 heteroatoms. The van der Waals surface area contributed by atoms with Crippen molar-refractivity contribution in [3.8, 4) is 0 Å². The number of oxime groups is 1. The molecule has 0 radical (unpaired) electrons. The summed E-state index contributed by atoms with van der Waals surface area (Å²) >= 11 is 0. The van der Waals surface area contributed by atoms with Gasteiger partial charge >= 0.3 is 0 Å². The maximum atomic E-state index is 12.5. The molecule has 0 spiro atoms. The van der Waals surface area contributed by atoms with Crippen molar-refractivity contribution in [3.63, 3.8) is 0 Å². The fourth-order valence-corrected chi connectivity index (χ4v) is 2.69. The van der Waals surface area contributed by atoms with Crippen molar-refractivity contribution in [2.45, 2.75) is 40.0 Å². The van der Waals surface area contributed by atoms with Crippen LogP contribution in [0.2, 0.25) is 0 Å². The lowest BCUT2D eigenvalue weighted by atomic mass is 9.61. The summed E-state index contributed by atoms with van der Waals surface area (Å²) in [6, 6.07) is 0. The summed E-state index contributed by atoms with van der Waals surface area (Å²) < 4.78 is 0.